The van der Waals surface area contributed by atoms with Crippen LogP contribution in [-0.2, 0) is 9.68 Å². The minimum atomic E-state index is -0.530. The number of benzene rings is 3. The van der Waals surface area contributed by atoms with Gasteiger partial charge in [0.05, 0.1) is 5.71 Å². The van der Waals surface area contributed by atoms with Gasteiger partial charge in [0, 0.05) is 43.1 Å². The van der Waals surface area contributed by atoms with Crippen LogP contribution in [0.4, 0.5) is 10.5 Å². The summed E-state index contributed by atoms with van der Waals surface area (Å²) in [5.74, 6) is 1.44. The third kappa shape index (κ3) is 5.32. The predicted molar refractivity (Wildman–Crippen MR) is 130 cm³/mol. The van der Waals surface area contributed by atoms with Crippen LogP contribution in [0.1, 0.15) is 24.8 Å². The fraction of sp³-hybridized carbons (Fsp3) is 0.231. The summed E-state index contributed by atoms with van der Waals surface area (Å²) < 4.78 is 5.77. The number of hydrogen-bond donors (Lipinski definition) is 1. The van der Waals surface area contributed by atoms with Crippen molar-refractivity contribution in [1.29, 1.82) is 0 Å². The summed E-state index contributed by atoms with van der Waals surface area (Å²) in [4.78, 5) is 23.7. The Morgan fingerprint density at radius 1 is 0.941 bits per heavy atom. The summed E-state index contributed by atoms with van der Waals surface area (Å²) in [6, 6.07) is 24.3. The number of anilines is 1. The van der Waals surface area contributed by atoms with Crippen LogP contribution in [-0.4, -0.2) is 35.6 Å². The van der Waals surface area contributed by atoms with Gasteiger partial charge in [-0.05, 0) is 54.1 Å². The second kappa shape index (κ2) is 9.75. The monoisotopic (exact) mass is 477 g/mol. The number of carbonyl (C=O) groups is 1. The first-order valence-electron chi connectivity index (χ1n) is 11.1. The van der Waals surface area contributed by atoms with Gasteiger partial charge in [-0.2, -0.15) is 0 Å². The van der Waals surface area contributed by atoms with Crippen LogP contribution in [0.3, 0.4) is 0 Å². The van der Waals surface area contributed by atoms with E-state index in [9.17, 15) is 4.79 Å². The second-order valence-corrected chi connectivity index (χ2v) is 8.80. The molecule has 0 aliphatic carbocycles. The number of rotatable bonds is 5. The standard InChI is InChI=1S/C26H24ClN3O4/c27-20-8-6-19(7-9-20)24-18-26(34-29-24)14-16-30(17-15-26)33-25(31)28-21-10-12-23(13-11-21)32-22-4-2-1-3-5-22/h1-13H,14-18H2,(H,28,31). The Hall–Kier alpha value is -3.55. The van der Waals surface area contributed by atoms with Crippen molar-refractivity contribution >= 4 is 29.1 Å². The lowest BCUT2D eigenvalue weighted by Gasteiger charge is -2.35. The molecule has 1 fully saturated rings. The molecule has 1 N–H and O–H groups in total. The van der Waals surface area contributed by atoms with E-state index in [1.807, 2.05) is 54.6 Å². The third-order valence-electron chi connectivity index (χ3n) is 5.94. The molecule has 5 rings (SSSR count). The van der Waals surface area contributed by atoms with Crippen molar-refractivity contribution in [1.82, 2.24) is 5.06 Å². The number of hydroxylamine groups is 2. The molecule has 3 aromatic carbocycles. The Morgan fingerprint density at radius 2 is 1.62 bits per heavy atom. The first-order chi connectivity index (χ1) is 16.6. The molecule has 174 valence electrons. The summed E-state index contributed by atoms with van der Waals surface area (Å²) in [6.07, 6.45) is 1.63. The van der Waals surface area contributed by atoms with Crippen molar-refractivity contribution in [3.63, 3.8) is 0 Å². The zero-order valence-electron chi connectivity index (χ0n) is 18.4. The molecule has 0 aromatic heterocycles. The molecule has 0 atom stereocenters. The molecule has 0 unspecified atom stereocenters. The van der Waals surface area contributed by atoms with Gasteiger partial charge in [0.25, 0.3) is 0 Å². The molecule has 7 nitrogen and oxygen atoms in total. The molecule has 1 saturated heterocycles. The molecule has 2 aliphatic heterocycles. The number of oxime groups is 1. The van der Waals surface area contributed by atoms with E-state index >= 15 is 0 Å². The molecule has 3 aromatic rings. The van der Waals surface area contributed by atoms with E-state index in [0.29, 0.717) is 42.4 Å². The molecule has 2 heterocycles. The molecule has 0 radical (unpaired) electrons. The molecule has 1 spiro atoms. The Labute approximate surface area is 202 Å². The summed E-state index contributed by atoms with van der Waals surface area (Å²) in [7, 11) is 0. The minimum Gasteiger partial charge on any atom is -0.457 e. The molecule has 8 heteroatoms. The van der Waals surface area contributed by atoms with E-state index in [1.165, 1.54) is 0 Å². The van der Waals surface area contributed by atoms with Crippen LogP contribution < -0.4 is 10.1 Å². The molecular weight excluding hydrogens is 454 g/mol. The SMILES string of the molecule is O=C(Nc1ccc(Oc2ccccc2)cc1)ON1CCC2(CC1)CC(c1ccc(Cl)cc1)=NO2. The summed E-state index contributed by atoms with van der Waals surface area (Å²) in [6.45, 7) is 1.14. The fourth-order valence-electron chi connectivity index (χ4n) is 4.06. The highest BCUT2D eigenvalue weighted by Gasteiger charge is 2.43. The molecule has 1 amide bonds. The molecule has 0 bridgehead atoms. The number of ether oxygens (including phenoxy) is 1. The average Bonchev–Trinajstić information content (AvgIpc) is 3.27. The lowest BCUT2D eigenvalue weighted by Crippen LogP contribution is -2.45. The van der Waals surface area contributed by atoms with E-state index in [2.05, 4.69) is 10.5 Å². The normalized spacial score (nSPS) is 17.0. The zero-order valence-corrected chi connectivity index (χ0v) is 19.2. The Balaban J connectivity index is 1.08. The van der Waals surface area contributed by atoms with Crippen LogP contribution in [0.15, 0.2) is 84.0 Å². The van der Waals surface area contributed by atoms with Gasteiger partial charge in [-0.15, -0.1) is 5.06 Å². The van der Waals surface area contributed by atoms with Gasteiger partial charge < -0.3 is 14.4 Å². The topological polar surface area (TPSA) is 72.4 Å². The van der Waals surface area contributed by atoms with Crippen LogP contribution in [0, 0.1) is 0 Å². The van der Waals surface area contributed by atoms with E-state index < -0.39 is 6.09 Å². The Bertz CT molecular complexity index is 1160. The van der Waals surface area contributed by atoms with Gasteiger partial charge in [-0.3, -0.25) is 5.32 Å². The van der Waals surface area contributed by atoms with E-state index in [4.69, 9.17) is 26.0 Å². The maximum absolute atomic E-state index is 12.4. The van der Waals surface area contributed by atoms with Crippen molar-refractivity contribution in [2.24, 2.45) is 5.16 Å². The Kier molecular flexibility index (Phi) is 6.38. The van der Waals surface area contributed by atoms with Crippen molar-refractivity contribution in [2.45, 2.75) is 24.9 Å². The highest BCUT2D eigenvalue weighted by Crippen LogP contribution is 2.36. The second-order valence-electron chi connectivity index (χ2n) is 8.37. The number of para-hydroxylation sites is 1. The number of amides is 1. The maximum atomic E-state index is 12.4. The van der Waals surface area contributed by atoms with Crippen LogP contribution in [0.2, 0.25) is 5.02 Å². The predicted octanol–water partition coefficient (Wildman–Crippen LogP) is 6.26. The first kappa shape index (κ1) is 22.3. The lowest BCUT2D eigenvalue weighted by atomic mass is 9.86. The smallest absolute Gasteiger partial charge is 0.430 e. The number of nitrogens with one attached hydrogen (secondary N) is 1. The zero-order chi connectivity index (χ0) is 23.4. The van der Waals surface area contributed by atoms with Gasteiger partial charge in [-0.1, -0.05) is 47.1 Å². The number of nitrogens with zero attached hydrogens (tertiary/aromatic N) is 2. The van der Waals surface area contributed by atoms with Crippen molar-refractivity contribution in [3.8, 4) is 11.5 Å². The number of halogens is 1. The summed E-state index contributed by atoms with van der Waals surface area (Å²) in [5, 5.41) is 9.42. The highest BCUT2D eigenvalue weighted by atomic mass is 35.5. The molecule has 34 heavy (non-hydrogen) atoms. The molecule has 0 saturated carbocycles. The van der Waals surface area contributed by atoms with Crippen LogP contribution in [0.25, 0.3) is 0 Å². The van der Waals surface area contributed by atoms with Gasteiger partial charge in [0.15, 0.2) is 0 Å². The number of carbonyl (C=O) groups excluding carboxylic acids is 1. The number of hydrogen-bond acceptors (Lipinski definition) is 6. The van der Waals surface area contributed by atoms with E-state index in [-0.39, 0.29) is 5.60 Å². The fourth-order valence-corrected chi connectivity index (χ4v) is 4.19. The maximum Gasteiger partial charge on any atom is 0.430 e. The Morgan fingerprint density at radius 3 is 2.32 bits per heavy atom. The minimum absolute atomic E-state index is 0.347. The van der Waals surface area contributed by atoms with Gasteiger partial charge >= 0.3 is 6.09 Å². The van der Waals surface area contributed by atoms with Gasteiger partial charge in [-0.25, -0.2) is 4.79 Å². The van der Waals surface area contributed by atoms with E-state index in [0.717, 1.165) is 23.4 Å². The van der Waals surface area contributed by atoms with Crippen molar-refractivity contribution in [3.05, 3.63) is 89.4 Å². The van der Waals surface area contributed by atoms with Crippen LogP contribution in [0.5, 0.6) is 11.5 Å². The molecular formula is C26H24ClN3O4. The average molecular weight is 478 g/mol. The highest BCUT2D eigenvalue weighted by molar-refractivity contribution is 6.30. The number of piperidine rings is 1. The van der Waals surface area contributed by atoms with Crippen LogP contribution >= 0.6 is 11.6 Å². The third-order valence-corrected chi connectivity index (χ3v) is 6.19. The molecule has 2 aliphatic rings. The quantitative estimate of drug-likeness (QED) is 0.470. The van der Waals surface area contributed by atoms with E-state index in [1.54, 1.807) is 29.3 Å². The van der Waals surface area contributed by atoms with Gasteiger partial charge in [0.1, 0.15) is 17.1 Å². The largest absolute Gasteiger partial charge is 0.457 e. The van der Waals surface area contributed by atoms with Gasteiger partial charge in [0.2, 0.25) is 0 Å². The first-order valence-corrected chi connectivity index (χ1v) is 11.5. The summed E-state index contributed by atoms with van der Waals surface area (Å²) >= 11 is 5.98. The summed E-state index contributed by atoms with van der Waals surface area (Å²) in [5.41, 5.74) is 2.21. The van der Waals surface area contributed by atoms with Crippen molar-refractivity contribution < 1.29 is 19.2 Å². The lowest BCUT2D eigenvalue weighted by molar-refractivity contribution is -0.154. The van der Waals surface area contributed by atoms with Crippen molar-refractivity contribution in [2.75, 3.05) is 18.4 Å².